The van der Waals surface area contributed by atoms with E-state index in [-0.39, 0.29) is 5.25 Å². The number of pyridine rings is 2. The lowest BCUT2D eigenvalue weighted by atomic mass is 9.99. The Kier molecular flexibility index (Phi) is 3.77. The van der Waals surface area contributed by atoms with Gasteiger partial charge in [0.05, 0.1) is 5.25 Å². The number of sulfone groups is 1. The Morgan fingerprint density at radius 1 is 1.23 bits per heavy atom. The average Bonchev–Trinajstić information content (AvgIpc) is 2.34. The molecule has 7 heteroatoms. The summed E-state index contributed by atoms with van der Waals surface area (Å²) in [7, 11) is -2.99. The van der Waals surface area contributed by atoms with E-state index in [0.29, 0.717) is 24.2 Å². The zero-order valence-corrected chi connectivity index (χ0v) is 14.3. The number of nitrogens with zero attached hydrogens (tertiary/aromatic N) is 3. The van der Waals surface area contributed by atoms with Gasteiger partial charge in [0.2, 0.25) is 0 Å². The molecule has 0 N–H and O–H groups in total. The van der Waals surface area contributed by atoms with Crippen molar-refractivity contribution in [1.29, 1.82) is 0 Å². The van der Waals surface area contributed by atoms with Crippen LogP contribution in [0.1, 0.15) is 25.3 Å². The van der Waals surface area contributed by atoms with Crippen molar-refractivity contribution >= 4 is 38.0 Å². The van der Waals surface area contributed by atoms with Crippen molar-refractivity contribution in [2.45, 2.75) is 25.0 Å². The lowest BCUT2D eigenvalue weighted by Crippen LogP contribution is -2.54. The van der Waals surface area contributed by atoms with E-state index in [1.165, 1.54) is 6.26 Å². The molecule has 0 aliphatic carbocycles. The second-order valence-electron chi connectivity index (χ2n) is 6.10. The van der Waals surface area contributed by atoms with Gasteiger partial charge in [0, 0.05) is 37.1 Å². The van der Waals surface area contributed by atoms with Crippen molar-refractivity contribution in [2.24, 2.45) is 0 Å². The third-order valence-corrected chi connectivity index (χ3v) is 5.84. The van der Waals surface area contributed by atoms with Gasteiger partial charge in [-0.05, 0) is 22.9 Å². The van der Waals surface area contributed by atoms with Gasteiger partial charge in [-0.25, -0.2) is 18.4 Å². The lowest BCUT2D eigenvalue weighted by molar-refractivity contribution is 0.545. The Balaban J connectivity index is 2.04. The molecule has 5 nitrogen and oxygen atoms in total. The minimum Gasteiger partial charge on any atom is -0.353 e. The van der Waals surface area contributed by atoms with E-state index in [4.69, 9.17) is 11.6 Å². The van der Waals surface area contributed by atoms with Crippen molar-refractivity contribution in [3.63, 3.8) is 0 Å². The highest BCUT2D eigenvalue weighted by atomic mass is 35.5. The molecule has 0 spiro atoms. The molecule has 0 radical (unpaired) electrons. The summed E-state index contributed by atoms with van der Waals surface area (Å²) in [6.45, 7) is 5.16. The molecule has 22 heavy (non-hydrogen) atoms. The monoisotopic (exact) mass is 339 g/mol. The van der Waals surface area contributed by atoms with E-state index in [2.05, 4.69) is 23.8 Å². The summed E-state index contributed by atoms with van der Waals surface area (Å²) in [6, 6.07) is 1.85. The van der Waals surface area contributed by atoms with Crippen molar-refractivity contribution in [1.82, 2.24) is 9.97 Å². The van der Waals surface area contributed by atoms with Crippen LogP contribution in [0.25, 0.3) is 10.8 Å². The first-order valence-electron chi connectivity index (χ1n) is 7.15. The van der Waals surface area contributed by atoms with Crippen LogP contribution < -0.4 is 4.90 Å². The molecule has 0 bridgehead atoms. The van der Waals surface area contributed by atoms with Gasteiger partial charge in [0.1, 0.15) is 11.0 Å². The van der Waals surface area contributed by atoms with Crippen LogP contribution in [0.4, 0.5) is 5.82 Å². The molecule has 1 aliphatic heterocycles. The fourth-order valence-corrected chi connectivity index (χ4v) is 3.77. The van der Waals surface area contributed by atoms with E-state index >= 15 is 0 Å². The summed E-state index contributed by atoms with van der Waals surface area (Å²) in [6.07, 6.45) is 4.86. The third kappa shape index (κ3) is 2.65. The first-order valence-corrected chi connectivity index (χ1v) is 9.48. The maximum absolute atomic E-state index is 11.6. The molecule has 2 aromatic rings. The molecule has 2 aromatic heterocycles. The summed E-state index contributed by atoms with van der Waals surface area (Å²) in [5.74, 6) is 1.10. The van der Waals surface area contributed by atoms with Gasteiger partial charge < -0.3 is 4.90 Å². The molecule has 1 fully saturated rings. The quantitative estimate of drug-likeness (QED) is 0.804. The number of hydrogen-bond acceptors (Lipinski definition) is 5. The molecule has 0 amide bonds. The number of hydrogen-bond donors (Lipinski definition) is 0. The van der Waals surface area contributed by atoms with Crippen LogP contribution in [0, 0.1) is 0 Å². The topological polar surface area (TPSA) is 63.2 Å². The van der Waals surface area contributed by atoms with Crippen LogP contribution in [-0.4, -0.2) is 43.0 Å². The summed E-state index contributed by atoms with van der Waals surface area (Å²) >= 11 is 6.03. The van der Waals surface area contributed by atoms with Crippen molar-refractivity contribution < 1.29 is 8.42 Å². The van der Waals surface area contributed by atoms with Crippen molar-refractivity contribution in [3.8, 4) is 0 Å². The molecule has 3 rings (SSSR count). The zero-order chi connectivity index (χ0) is 16.1. The highest BCUT2D eigenvalue weighted by molar-refractivity contribution is 7.91. The van der Waals surface area contributed by atoms with Crippen LogP contribution >= 0.6 is 11.6 Å². The van der Waals surface area contributed by atoms with Gasteiger partial charge in [0.25, 0.3) is 0 Å². The molecule has 0 aromatic carbocycles. The average molecular weight is 340 g/mol. The fourth-order valence-electron chi connectivity index (χ4n) is 2.71. The largest absolute Gasteiger partial charge is 0.353 e. The lowest BCUT2D eigenvalue weighted by Gasteiger charge is -2.39. The Morgan fingerprint density at radius 2 is 1.91 bits per heavy atom. The van der Waals surface area contributed by atoms with Gasteiger partial charge in [0.15, 0.2) is 9.84 Å². The van der Waals surface area contributed by atoms with Gasteiger partial charge in [-0.1, -0.05) is 25.4 Å². The molecule has 0 atom stereocenters. The number of aromatic nitrogens is 2. The van der Waals surface area contributed by atoms with Gasteiger partial charge in [-0.15, -0.1) is 0 Å². The Labute approximate surface area is 135 Å². The van der Waals surface area contributed by atoms with E-state index in [0.717, 1.165) is 22.2 Å². The first-order chi connectivity index (χ1) is 10.3. The molecule has 1 aliphatic rings. The molecular formula is C15H18ClN3O2S. The minimum atomic E-state index is -2.99. The number of rotatable bonds is 3. The summed E-state index contributed by atoms with van der Waals surface area (Å²) in [5.41, 5.74) is 1.11. The van der Waals surface area contributed by atoms with E-state index in [9.17, 15) is 8.42 Å². The molecule has 3 heterocycles. The predicted octanol–water partition coefficient (Wildman–Crippen LogP) is 2.64. The van der Waals surface area contributed by atoms with Crippen LogP contribution in [0.15, 0.2) is 18.5 Å². The zero-order valence-electron chi connectivity index (χ0n) is 12.7. The van der Waals surface area contributed by atoms with Crippen molar-refractivity contribution in [2.75, 3.05) is 24.2 Å². The maximum atomic E-state index is 11.6. The molecule has 0 unspecified atom stereocenters. The van der Waals surface area contributed by atoms with Crippen molar-refractivity contribution in [3.05, 3.63) is 29.2 Å². The van der Waals surface area contributed by atoms with Gasteiger partial charge in [-0.2, -0.15) is 0 Å². The standard InChI is InChI=1S/C15H18ClN3O2S/c1-9(2)12-5-18-15(13-6-17-14(16)4-11(12)13)19-7-10(8-19)22(3,20)21/h4-6,9-10H,7-8H2,1-3H3. The summed E-state index contributed by atoms with van der Waals surface area (Å²) in [4.78, 5) is 10.7. The predicted molar refractivity (Wildman–Crippen MR) is 89.5 cm³/mol. The Bertz CT molecular complexity index is 830. The highest BCUT2D eigenvalue weighted by Gasteiger charge is 2.36. The minimum absolute atomic E-state index is 0.311. The van der Waals surface area contributed by atoms with Crippen LogP contribution in [-0.2, 0) is 9.84 Å². The Morgan fingerprint density at radius 3 is 2.50 bits per heavy atom. The Hall–Kier alpha value is -1.40. The molecule has 118 valence electrons. The maximum Gasteiger partial charge on any atom is 0.153 e. The number of anilines is 1. The normalized spacial score (nSPS) is 16.3. The second kappa shape index (κ2) is 5.35. The SMILES string of the molecule is CC(C)c1cnc(N2CC(S(C)(=O)=O)C2)c2cnc(Cl)cc12. The molecule has 0 saturated carbocycles. The summed E-state index contributed by atoms with van der Waals surface area (Å²) in [5, 5.41) is 2.09. The third-order valence-electron chi connectivity index (χ3n) is 4.12. The smallest absolute Gasteiger partial charge is 0.153 e. The van der Waals surface area contributed by atoms with Crippen LogP contribution in [0.3, 0.4) is 0 Å². The van der Waals surface area contributed by atoms with E-state index < -0.39 is 9.84 Å². The van der Waals surface area contributed by atoms with Gasteiger partial charge >= 0.3 is 0 Å². The number of fused-ring (bicyclic) bond motifs is 1. The molecular weight excluding hydrogens is 322 g/mol. The van der Waals surface area contributed by atoms with Crippen LogP contribution in [0.2, 0.25) is 5.15 Å². The number of halogens is 1. The van der Waals surface area contributed by atoms with Crippen LogP contribution in [0.5, 0.6) is 0 Å². The van der Waals surface area contributed by atoms with E-state index in [1.54, 1.807) is 6.20 Å². The van der Waals surface area contributed by atoms with Gasteiger partial charge in [-0.3, -0.25) is 0 Å². The van der Waals surface area contributed by atoms with E-state index in [1.807, 2.05) is 17.2 Å². The second-order valence-corrected chi connectivity index (χ2v) is 8.81. The summed E-state index contributed by atoms with van der Waals surface area (Å²) < 4.78 is 23.1. The molecule has 1 saturated heterocycles. The first kappa shape index (κ1) is 15.5. The highest BCUT2D eigenvalue weighted by Crippen LogP contribution is 2.34. The fraction of sp³-hybridized carbons (Fsp3) is 0.467.